The normalized spacial score (nSPS) is 16.8. The van der Waals surface area contributed by atoms with Crippen molar-refractivity contribution < 1.29 is 12.8 Å². The predicted molar refractivity (Wildman–Crippen MR) is 102 cm³/mol. The first-order chi connectivity index (χ1) is 13.0. The zero-order valence-electron chi connectivity index (χ0n) is 14.4. The number of halogens is 1. The molecular weight excluding hydrogens is 389 g/mol. The zero-order valence-corrected chi connectivity index (χ0v) is 16.0. The van der Waals surface area contributed by atoms with E-state index in [2.05, 4.69) is 4.98 Å². The summed E-state index contributed by atoms with van der Waals surface area (Å²) >= 11 is 1.26. The summed E-state index contributed by atoms with van der Waals surface area (Å²) in [6, 6.07) is 7.78. The summed E-state index contributed by atoms with van der Waals surface area (Å²) in [5.41, 5.74) is -0.307. The molecule has 0 radical (unpaired) electrons. The second-order valence-electron chi connectivity index (χ2n) is 6.61. The number of fused-ring (bicyclic) bond motifs is 1. The first-order valence-corrected chi connectivity index (χ1v) is 10.9. The van der Waals surface area contributed by atoms with Crippen molar-refractivity contribution in [3.63, 3.8) is 0 Å². The summed E-state index contributed by atoms with van der Waals surface area (Å²) in [5.74, 6) is -0.316. The van der Waals surface area contributed by atoms with Crippen LogP contribution < -0.4 is 5.56 Å². The topological polar surface area (TPSA) is 72.3 Å². The Bertz CT molecular complexity index is 1120. The highest BCUT2D eigenvalue weighted by atomic mass is 32.2. The standard InChI is InChI=1S/C18H18FN3O3S2/c19-15-4-1-5-16-17(15)18(23)22(26-16)12-13-6-9-21(10-7-13)27(24,25)14-3-2-8-20-11-14/h1-5,8,11,13H,6-7,9-10,12H2. The van der Waals surface area contributed by atoms with Crippen LogP contribution in [0.15, 0.2) is 52.4 Å². The fourth-order valence-corrected chi connectivity index (χ4v) is 5.96. The Labute approximate surface area is 160 Å². The van der Waals surface area contributed by atoms with Crippen LogP contribution in [0.4, 0.5) is 4.39 Å². The summed E-state index contributed by atoms with van der Waals surface area (Å²) in [6.07, 6.45) is 4.20. The first kappa shape index (κ1) is 18.3. The van der Waals surface area contributed by atoms with Gasteiger partial charge >= 0.3 is 0 Å². The molecule has 1 aliphatic heterocycles. The molecule has 9 heteroatoms. The highest BCUT2D eigenvalue weighted by Gasteiger charge is 2.30. The molecule has 0 atom stereocenters. The molecule has 6 nitrogen and oxygen atoms in total. The SMILES string of the molecule is O=c1c2c(F)cccc2sn1CC1CCN(S(=O)(=O)c2cccnc2)CC1. The molecule has 0 bridgehead atoms. The molecule has 1 saturated heterocycles. The van der Waals surface area contributed by atoms with E-state index >= 15 is 0 Å². The number of hydrogen-bond acceptors (Lipinski definition) is 5. The minimum absolute atomic E-state index is 0.138. The molecule has 4 rings (SSSR count). The molecule has 1 fully saturated rings. The molecule has 0 amide bonds. The lowest BCUT2D eigenvalue weighted by Crippen LogP contribution is -2.39. The second kappa shape index (κ2) is 7.14. The third kappa shape index (κ3) is 3.42. The molecule has 27 heavy (non-hydrogen) atoms. The third-order valence-corrected chi connectivity index (χ3v) is 7.85. The van der Waals surface area contributed by atoms with E-state index in [-0.39, 0.29) is 21.8 Å². The number of sulfonamides is 1. The highest BCUT2D eigenvalue weighted by molar-refractivity contribution is 7.89. The molecule has 142 valence electrons. The van der Waals surface area contributed by atoms with Crippen molar-refractivity contribution in [2.75, 3.05) is 13.1 Å². The van der Waals surface area contributed by atoms with E-state index in [1.165, 1.54) is 34.3 Å². The van der Waals surface area contributed by atoms with Gasteiger partial charge < -0.3 is 0 Å². The largest absolute Gasteiger partial charge is 0.271 e. The number of nitrogens with zero attached hydrogens (tertiary/aromatic N) is 3. The molecule has 0 saturated carbocycles. The Morgan fingerprint density at radius 3 is 2.63 bits per heavy atom. The second-order valence-corrected chi connectivity index (χ2v) is 9.61. The molecule has 2 aromatic heterocycles. The van der Waals surface area contributed by atoms with Gasteiger partial charge in [-0.15, -0.1) is 0 Å². The lowest BCUT2D eigenvalue weighted by atomic mass is 9.98. The summed E-state index contributed by atoms with van der Waals surface area (Å²) < 4.78 is 42.9. The molecular formula is C18H18FN3O3S2. The smallest absolute Gasteiger partial charge is 0.268 e. The fourth-order valence-electron chi connectivity index (χ4n) is 3.41. The highest BCUT2D eigenvalue weighted by Crippen LogP contribution is 2.26. The van der Waals surface area contributed by atoms with Gasteiger partial charge in [0.25, 0.3) is 5.56 Å². The van der Waals surface area contributed by atoms with Gasteiger partial charge in [-0.1, -0.05) is 17.6 Å². The van der Waals surface area contributed by atoms with Gasteiger partial charge in [0, 0.05) is 32.0 Å². The van der Waals surface area contributed by atoms with Crippen LogP contribution in [-0.4, -0.2) is 34.8 Å². The Balaban J connectivity index is 1.47. The number of benzene rings is 1. The molecule has 0 N–H and O–H groups in total. The van der Waals surface area contributed by atoms with Crippen LogP contribution in [0.3, 0.4) is 0 Å². The van der Waals surface area contributed by atoms with Crippen LogP contribution in [0.25, 0.3) is 10.1 Å². The maximum absolute atomic E-state index is 13.9. The van der Waals surface area contributed by atoms with Gasteiger partial charge in [-0.05, 0) is 43.0 Å². The Morgan fingerprint density at radius 1 is 1.19 bits per heavy atom. The molecule has 0 spiro atoms. The van der Waals surface area contributed by atoms with Gasteiger partial charge in [-0.2, -0.15) is 4.31 Å². The van der Waals surface area contributed by atoms with E-state index in [0.29, 0.717) is 37.2 Å². The van der Waals surface area contributed by atoms with Crippen LogP contribution >= 0.6 is 11.5 Å². The molecule has 1 aliphatic rings. The van der Waals surface area contributed by atoms with Crippen LogP contribution in [0.2, 0.25) is 0 Å². The van der Waals surface area contributed by atoms with Gasteiger partial charge in [0.15, 0.2) is 0 Å². The fraction of sp³-hybridized carbons (Fsp3) is 0.333. The van der Waals surface area contributed by atoms with Crippen molar-refractivity contribution in [3.05, 3.63) is 58.9 Å². The quantitative estimate of drug-likeness (QED) is 0.667. The van der Waals surface area contributed by atoms with Gasteiger partial charge in [0.2, 0.25) is 10.0 Å². The van der Waals surface area contributed by atoms with E-state index in [0.717, 1.165) is 0 Å². The van der Waals surface area contributed by atoms with Crippen molar-refractivity contribution in [1.29, 1.82) is 0 Å². The van der Waals surface area contributed by atoms with Crippen LogP contribution in [0.1, 0.15) is 12.8 Å². The zero-order chi connectivity index (χ0) is 19.0. The lowest BCUT2D eigenvalue weighted by molar-refractivity contribution is 0.256. The van der Waals surface area contributed by atoms with Crippen molar-refractivity contribution in [2.45, 2.75) is 24.3 Å². The summed E-state index contributed by atoms with van der Waals surface area (Å²) in [6.45, 7) is 1.28. The molecule has 0 unspecified atom stereocenters. The molecule has 1 aromatic carbocycles. The van der Waals surface area contributed by atoms with Gasteiger partial charge in [-0.3, -0.25) is 13.7 Å². The van der Waals surface area contributed by atoms with Crippen molar-refractivity contribution in [3.8, 4) is 0 Å². The monoisotopic (exact) mass is 407 g/mol. The Morgan fingerprint density at radius 2 is 1.96 bits per heavy atom. The lowest BCUT2D eigenvalue weighted by Gasteiger charge is -2.31. The minimum atomic E-state index is -3.54. The van der Waals surface area contributed by atoms with Crippen molar-refractivity contribution in [2.24, 2.45) is 5.92 Å². The number of hydrogen-bond donors (Lipinski definition) is 0. The summed E-state index contributed by atoms with van der Waals surface area (Å²) in [7, 11) is -3.54. The first-order valence-electron chi connectivity index (χ1n) is 8.65. The minimum Gasteiger partial charge on any atom is -0.268 e. The van der Waals surface area contributed by atoms with Gasteiger partial charge in [0.1, 0.15) is 10.7 Å². The Hall–Kier alpha value is -2.10. The number of rotatable bonds is 4. The number of piperidine rings is 1. The van der Waals surface area contributed by atoms with E-state index in [1.807, 2.05) is 0 Å². The van der Waals surface area contributed by atoms with E-state index < -0.39 is 15.8 Å². The molecule has 3 aromatic rings. The predicted octanol–water partition coefficient (Wildman–Crippen LogP) is 2.70. The van der Waals surface area contributed by atoms with E-state index in [9.17, 15) is 17.6 Å². The van der Waals surface area contributed by atoms with Crippen LogP contribution in [0, 0.1) is 11.7 Å². The maximum Gasteiger partial charge on any atom is 0.271 e. The van der Waals surface area contributed by atoms with Crippen LogP contribution in [0.5, 0.6) is 0 Å². The van der Waals surface area contributed by atoms with Gasteiger partial charge in [0.05, 0.1) is 10.1 Å². The van der Waals surface area contributed by atoms with E-state index in [1.54, 1.807) is 28.2 Å². The Kier molecular flexibility index (Phi) is 4.83. The van der Waals surface area contributed by atoms with Crippen molar-refractivity contribution in [1.82, 2.24) is 13.2 Å². The van der Waals surface area contributed by atoms with Gasteiger partial charge in [-0.25, -0.2) is 12.8 Å². The average Bonchev–Trinajstić information content (AvgIpc) is 3.00. The molecule has 0 aliphatic carbocycles. The number of aromatic nitrogens is 2. The third-order valence-electron chi connectivity index (χ3n) is 4.89. The maximum atomic E-state index is 13.9. The van der Waals surface area contributed by atoms with E-state index in [4.69, 9.17) is 0 Å². The number of pyridine rings is 1. The van der Waals surface area contributed by atoms with Crippen molar-refractivity contribution >= 4 is 31.6 Å². The molecule has 3 heterocycles. The average molecular weight is 407 g/mol. The summed E-state index contributed by atoms with van der Waals surface area (Å²) in [4.78, 5) is 16.5. The summed E-state index contributed by atoms with van der Waals surface area (Å²) in [5, 5.41) is 0.138. The van der Waals surface area contributed by atoms with Crippen LogP contribution in [-0.2, 0) is 16.6 Å².